The van der Waals surface area contributed by atoms with Crippen molar-refractivity contribution in [3.63, 3.8) is 0 Å². The number of rotatable bonds is 5. The lowest BCUT2D eigenvalue weighted by molar-refractivity contribution is 0.102. The van der Waals surface area contributed by atoms with Crippen LogP contribution in [0.3, 0.4) is 0 Å². The molecule has 7 nitrogen and oxygen atoms in total. The van der Waals surface area contributed by atoms with E-state index in [2.05, 4.69) is 34.3 Å². The van der Waals surface area contributed by atoms with Crippen molar-refractivity contribution in [1.82, 2.24) is 24.4 Å². The average molecular weight is 402 g/mol. The minimum absolute atomic E-state index is 0.0287. The fourth-order valence-electron chi connectivity index (χ4n) is 4.01. The van der Waals surface area contributed by atoms with Gasteiger partial charge in [-0.2, -0.15) is 10.2 Å². The highest BCUT2D eigenvalue weighted by Gasteiger charge is 2.28. The first-order chi connectivity index (χ1) is 13.9. The number of carbonyl (C=O) groups excluding carboxylic acids is 1. The van der Waals surface area contributed by atoms with Gasteiger partial charge in [-0.25, -0.2) is 18.3 Å². The number of hydrogen-bond acceptors (Lipinski definition) is 4. The molecule has 154 valence electrons. The van der Waals surface area contributed by atoms with Crippen LogP contribution in [0.15, 0.2) is 30.7 Å². The van der Waals surface area contributed by atoms with Gasteiger partial charge in [-0.05, 0) is 43.6 Å². The molecule has 1 amide bonds. The second kappa shape index (κ2) is 7.88. The number of fused-ring (bicyclic) bond motifs is 1. The van der Waals surface area contributed by atoms with Crippen LogP contribution in [0.1, 0.15) is 68.2 Å². The monoisotopic (exact) mass is 402 g/mol. The van der Waals surface area contributed by atoms with Gasteiger partial charge < -0.3 is 5.32 Å². The summed E-state index contributed by atoms with van der Waals surface area (Å²) in [7, 11) is 0. The summed E-state index contributed by atoms with van der Waals surface area (Å²) in [6.07, 6.45) is 5.91. The molecule has 0 spiro atoms. The van der Waals surface area contributed by atoms with Gasteiger partial charge in [0.25, 0.3) is 12.3 Å². The minimum atomic E-state index is -2.78. The molecular weight excluding hydrogens is 378 g/mol. The van der Waals surface area contributed by atoms with E-state index in [4.69, 9.17) is 0 Å². The van der Waals surface area contributed by atoms with E-state index in [1.54, 1.807) is 23.1 Å². The van der Waals surface area contributed by atoms with Crippen LogP contribution in [0, 0.1) is 11.8 Å². The summed E-state index contributed by atoms with van der Waals surface area (Å²) in [5.41, 5.74) is 0.227. The molecule has 1 aliphatic carbocycles. The molecule has 29 heavy (non-hydrogen) atoms. The van der Waals surface area contributed by atoms with E-state index < -0.39 is 18.0 Å². The van der Waals surface area contributed by atoms with E-state index in [1.165, 1.54) is 16.8 Å². The fourth-order valence-corrected chi connectivity index (χ4v) is 4.01. The van der Waals surface area contributed by atoms with Gasteiger partial charge in [0.2, 0.25) is 0 Å². The second-order valence-electron chi connectivity index (χ2n) is 7.93. The Hall–Kier alpha value is -2.84. The normalized spacial score (nSPS) is 19.9. The van der Waals surface area contributed by atoms with E-state index in [1.807, 2.05) is 0 Å². The predicted molar refractivity (Wildman–Crippen MR) is 104 cm³/mol. The van der Waals surface area contributed by atoms with Gasteiger partial charge in [-0.15, -0.1) is 0 Å². The molecule has 3 aromatic rings. The molecule has 1 saturated carbocycles. The van der Waals surface area contributed by atoms with Crippen LogP contribution >= 0.6 is 0 Å². The number of alkyl halides is 2. The summed E-state index contributed by atoms with van der Waals surface area (Å²) >= 11 is 0. The lowest BCUT2D eigenvalue weighted by Crippen LogP contribution is -2.21. The minimum Gasteiger partial charge on any atom is -0.317 e. The van der Waals surface area contributed by atoms with Gasteiger partial charge in [0.1, 0.15) is 0 Å². The van der Waals surface area contributed by atoms with Gasteiger partial charge in [0.15, 0.2) is 17.0 Å². The van der Waals surface area contributed by atoms with Crippen LogP contribution < -0.4 is 5.32 Å². The fraction of sp³-hybridized carbons (Fsp3) is 0.500. The van der Waals surface area contributed by atoms with Gasteiger partial charge >= 0.3 is 0 Å². The molecule has 0 radical (unpaired) electrons. The first-order valence-corrected chi connectivity index (χ1v) is 9.91. The number of anilines is 1. The van der Waals surface area contributed by atoms with Crippen molar-refractivity contribution in [2.45, 2.75) is 52.0 Å². The van der Waals surface area contributed by atoms with Crippen LogP contribution in [0.2, 0.25) is 0 Å². The zero-order chi connectivity index (χ0) is 20.5. The van der Waals surface area contributed by atoms with Crippen molar-refractivity contribution in [2.24, 2.45) is 11.8 Å². The number of amides is 1. The zero-order valence-corrected chi connectivity index (χ0v) is 16.4. The van der Waals surface area contributed by atoms with Crippen LogP contribution in [0.25, 0.3) is 5.65 Å². The van der Waals surface area contributed by atoms with Crippen molar-refractivity contribution in [2.75, 3.05) is 5.32 Å². The number of aromatic nitrogens is 5. The third-order valence-electron chi connectivity index (χ3n) is 5.74. The third-order valence-corrected chi connectivity index (χ3v) is 5.74. The Kier molecular flexibility index (Phi) is 5.29. The van der Waals surface area contributed by atoms with Gasteiger partial charge in [0.05, 0.1) is 11.7 Å². The molecule has 0 bridgehead atoms. The average Bonchev–Trinajstić information content (AvgIpc) is 3.32. The number of nitrogens with zero attached hydrogens (tertiary/aromatic N) is 5. The quantitative estimate of drug-likeness (QED) is 0.682. The predicted octanol–water partition coefficient (Wildman–Crippen LogP) is 4.50. The number of nitrogens with one attached hydrogen (secondary N) is 1. The zero-order valence-electron chi connectivity index (χ0n) is 16.4. The van der Waals surface area contributed by atoms with Crippen molar-refractivity contribution < 1.29 is 13.6 Å². The van der Waals surface area contributed by atoms with Gasteiger partial charge in [0, 0.05) is 24.7 Å². The van der Waals surface area contributed by atoms with Crippen LogP contribution in [0.4, 0.5) is 14.5 Å². The van der Waals surface area contributed by atoms with Crippen molar-refractivity contribution in [1.29, 1.82) is 0 Å². The highest BCUT2D eigenvalue weighted by molar-refractivity contribution is 6.03. The maximum atomic E-state index is 13.5. The Morgan fingerprint density at radius 3 is 2.62 bits per heavy atom. The molecule has 0 atom stereocenters. The summed E-state index contributed by atoms with van der Waals surface area (Å²) in [5.74, 6) is 0.722. The SMILES string of the molecule is CC(C)C1CCC(n2cc(NC(=O)c3cc4ncccn4n3)c(C(F)F)n2)CC1. The maximum absolute atomic E-state index is 13.5. The third kappa shape index (κ3) is 3.99. The Morgan fingerprint density at radius 1 is 1.21 bits per heavy atom. The molecule has 1 N–H and O–H groups in total. The van der Waals surface area contributed by atoms with Gasteiger partial charge in [-0.3, -0.25) is 9.48 Å². The van der Waals surface area contributed by atoms with Crippen molar-refractivity contribution in [3.8, 4) is 0 Å². The first kappa shape index (κ1) is 19.5. The van der Waals surface area contributed by atoms with E-state index >= 15 is 0 Å². The Labute approximate surface area is 167 Å². The highest BCUT2D eigenvalue weighted by atomic mass is 19.3. The standard InChI is InChI=1S/C20H24F2N6O/c1-12(2)13-4-6-14(7-5-13)28-11-16(18(26-28)19(21)22)24-20(29)15-10-17-23-8-3-9-27(17)25-15/h3,8-14,19H,4-7H2,1-2H3,(H,24,29). The summed E-state index contributed by atoms with van der Waals surface area (Å²) in [6.45, 7) is 4.44. The second-order valence-corrected chi connectivity index (χ2v) is 7.93. The van der Waals surface area contributed by atoms with E-state index in [0.717, 1.165) is 25.7 Å². The molecule has 0 aromatic carbocycles. The van der Waals surface area contributed by atoms with Crippen LogP contribution in [0.5, 0.6) is 0 Å². The molecule has 9 heteroatoms. The number of halogens is 2. The Balaban J connectivity index is 1.53. The molecule has 1 fully saturated rings. The summed E-state index contributed by atoms with van der Waals surface area (Å²) < 4.78 is 30.1. The topological polar surface area (TPSA) is 77.1 Å². The molecule has 3 aromatic heterocycles. The Bertz CT molecular complexity index is 970. The van der Waals surface area contributed by atoms with E-state index in [-0.39, 0.29) is 17.4 Å². The van der Waals surface area contributed by atoms with Crippen molar-refractivity contribution in [3.05, 3.63) is 42.1 Å². The lowest BCUT2D eigenvalue weighted by atomic mass is 9.80. The van der Waals surface area contributed by atoms with Gasteiger partial charge in [-0.1, -0.05) is 13.8 Å². The molecule has 3 heterocycles. The molecule has 0 unspecified atom stereocenters. The lowest BCUT2D eigenvalue weighted by Gasteiger charge is -2.30. The van der Waals surface area contributed by atoms with Crippen LogP contribution in [-0.2, 0) is 0 Å². The smallest absolute Gasteiger partial charge is 0.284 e. The Morgan fingerprint density at radius 2 is 1.97 bits per heavy atom. The maximum Gasteiger partial charge on any atom is 0.284 e. The molecule has 4 rings (SSSR count). The summed E-state index contributed by atoms with van der Waals surface area (Å²) in [6, 6.07) is 3.27. The first-order valence-electron chi connectivity index (χ1n) is 9.91. The summed E-state index contributed by atoms with van der Waals surface area (Å²) in [5, 5.41) is 10.8. The highest BCUT2D eigenvalue weighted by Crippen LogP contribution is 2.37. The summed E-state index contributed by atoms with van der Waals surface area (Å²) in [4.78, 5) is 16.7. The van der Waals surface area contributed by atoms with Crippen LogP contribution in [-0.4, -0.2) is 30.3 Å². The number of carbonyl (C=O) groups is 1. The van der Waals surface area contributed by atoms with Crippen molar-refractivity contribution >= 4 is 17.2 Å². The molecule has 0 aliphatic heterocycles. The molecule has 1 aliphatic rings. The number of hydrogen-bond donors (Lipinski definition) is 1. The van der Waals surface area contributed by atoms with E-state index in [9.17, 15) is 13.6 Å². The molecule has 0 saturated heterocycles. The largest absolute Gasteiger partial charge is 0.317 e. The van der Waals surface area contributed by atoms with E-state index in [0.29, 0.717) is 17.5 Å². The molecular formula is C20H24F2N6O.